The minimum Gasteiger partial charge on any atom is -0.455 e. The van der Waals surface area contributed by atoms with E-state index in [1.54, 1.807) is 31.4 Å². The first-order valence-electron chi connectivity index (χ1n) is 9.12. The molecule has 0 spiro atoms. The molecule has 1 unspecified atom stereocenters. The summed E-state index contributed by atoms with van der Waals surface area (Å²) in [7, 11) is 1.61. The normalized spacial score (nSPS) is 17.4. The predicted molar refractivity (Wildman–Crippen MR) is 101 cm³/mol. The number of hydrogen-bond acceptors (Lipinski definition) is 6. The average Bonchev–Trinajstić information content (AvgIpc) is 3.25. The van der Waals surface area contributed by atoms with Crippen LogP contribution in [0.5, 0.6) is 6.01 Å². The topological polar surface area (TPSA) is 81.9 Å². The molecule has 0 radical (unpaired) electrons. The van der Waals surface area contributed by atoms with E-state index in [-0.39, 0.29) is 23.4 Å². The Bertz CT molecular complexity index is 1000. The molecule has 2 atom stereocenters. The quantitative estimate of drug-likeness (QED) is 0.730. The van der Waals surface area contributed by atoms with Crippen LogP contribution in [0.3, 0.4) is 0 Å². The highest BCUT2D eigenvalue weighted by molar-refractivity contribution is 5.52. The van der Waals surface area contributed by atoms with Crippen LogP contribution in [0.25, 0.3) is 11.4 Å². The number of rotatable bonds is 5. The fraction of sp³-hybridized carbons (Fsp3) is 0.300. The lowest BCUT2D eigenvalue weighted by molar-refractivity contribution is 0.142. The molecule has 144 valence electrons. The van der Waals surface area contributed by atoms with E-state index < -0.39 is 6.10 Å². The maximum absolute atomic E-state index is 13.4. The summed E-state index contributed by atoms with van der Waals surface area (Å²) in [6.07, 6.45) is 4.53. The molecular formula is C20H20FN5O2. The van der Waals surface area contributed by atoms with Gasteiger partial charge in [0.05, 0.1) is 11.4 Å². The molecule has 4 rings (SSSR count). The summed E-state index contributed by atoms with van der Waals surface area (Å²) in [5, 5.41) is 3.42. The van der Waals surface area contributed by atoms with E-state index >= 15 is 0 Å². The van der Waals surface area contributed by atoms with Crippen LogP contribution >= 0.6 is 0 Å². The zero-order valence-electron chi connectivity index (χ0n) is 15.4. The highest BCUT2D eigenvalue weighted by Crippen LogP contribution is 2.28. The van der Waals surface area contributed by atoms with Crippen molar-refractivity contribution in [1.29, 1.82) is 0 Å². The van der Waals surface area contributed by atoms with Crippen molar-refractivity contribution in [1.82, 2.24) is 24.8 Å². The zero-order valence-corrected chi connectivity index (χ0v) is 15.4. The highest BCUT2D eigenvalue weighted by atomic mass is 19.1. The molecule has 1 aliphatic rings. The van der Waals surface area contributed by atoms with Gasteiger partial charge in [0.25, 0.3) is 11.6 Å². The second-order valence-electron chi connectivity index (χ2n) is 6.71. The van der Waals surface area contributed by atoms with Crippen molar-refractivity contribution in [2.24, 2.45) is 7.05 Å². The number of halogens is 1. The number of nitrogens with one attached hydrogen (secondary N) is 1. The summed E-state index contributed by atoms with van der Waals surface area (Å²) in [5.41, 5.74) is 1.52. The van der Waals surface area contributed by atoms with Gasteiger partial charge < -0.3 is 10.1 Å². The summed E-state index contributed by atoms with van der Waals surface area (Å²) >= 11 is 0. The monoisotopic (exact) mass is 381 g/mol. The van der Waals surface area contributed by atoms with Crippen molar-refractivity contribution >= 4 is 0 Å². The summed E-state index contributed by atoms with van der Waals surface area (Å²) in [6, 6.07) is 9.54. The van der Waals surface area contributed by atoms with Crippen molar-refractivity contribution in [2.45, 2.75) is 25.0 Å². The van der Waals surface area contributed by atoms with Gasteiger partial charge >= 0.3 is 0 Å². The molecule has 3 heterocycles. The molecule has 1 aliphatic heterocycles. The molecule has 0 saturated carbocycles. The van der Waals surface area contributed by atoms with Crippen LogP contribution in [0, 0.1) is 5.82 Å². The van der Waals surface area contributed by atoms with E-state index in [0.29, 0.717) is 11.4 Å². The van der Waals surface area contributed by atoms with Crippen molar-refractivity contribution in [3.05, 3.63) is 70.7 Å². The molecule has 0 aliphatic carbocycles. The Balaban J connectivity index is 1.72. The third kappa shape index (κ3) is 3.77. The lowest BCUT2D eigenvalue weighted by atomic mass is 10.0. The first-order valence-corrected chi connectivity index (χ1v) is 9.12. The van der Waals surface area contributed by atoms with E-state index in [1.807, 2.05) is 0 Å². The number of aromatic nitrogens is 4. The summed E-state index contributed by atoms with van der Waals surface area (Å²) in [6.45, 7) is 0.888. The van der Waals surface area contributed by atoms with E-state index in [0.717, 1.165) is 24.9 Å². The minimum atomic E-state index is -0.401. The molecule has 0 amide bonds. The van der Waals surface area contributed by atoms with Crippen molar-refractivity contribution in [3.63, 3.8) is 0 Å². The van der Waals surface area contributed by atoms with Gasteiger partial charge in [0.1, 0.15) is 18.2 Å². The lowest BCUT2D eigenvalue weighted by Gasteiger charge is -2.25. The second kappa shape index (κ2) is 7.85. The van der Waals surface area contributed by atoms with Gasteiger partial charge in [-0.1, -0.05) is 12.1 Å². The van der Waals surface area contributed by atoms with Gasteiger partial charge in [0.15, 0.2) is 0 Å². The van der Waals surface area contributed by atoms with Crippen LogP contribution in [0.1, 0.15) is 24.5 Å². The number of ether oxygens (including phenoxy) is 1. The molecule has 3 aromatic rings. The third-order valence-electron chi connectivity index (χ3n) is 4.83. The molecule has 1 fully saturated rings. The van der Waals surface area contributed by atoms with Gasteiger partial charge in [-0.15, -0.1) is 0 Å². The zero-order chi connectivity index (χ0) is 19.5. The van der Waals surface area contributed by atoms with Crippen molar-refractivity contribution < 1.29 is 9.13 Å². The maximum atomic E-state index is 13.4. The second-order valence-corrected chi connectivity index (χ2v) is 6.71. The van der Waals surface area contributed by atoms with E-state index in [9.17, 15) is 9.18 Å². The van der Waals surface area contributed by atoms with E-state index in [4.69, 9.17) is 4.74 Å². The molecular weight excluding hydrogens is 361 g/mol. The SMILES string of the molecule is Cn1c(OC(c2ccc(F)cc2)[C@H]2CCCN2)nc(-c2ccncn2)cc1=O. The Morgan fingerprint density at radius 1 is 1.25 bits per heavy atom. The summed E-state index contributed by atoms with van der Waals surface area (Å²) in [4.78, 5) is 25.0. The van der Waals surface area contributed by atoms with E-state index in [1.165, 1.54) is 29.1 Å². The molecule has 0 bridgehead atoms. The first kappa shape index (κ1) is 18.2. The van der Waals surface area contributed by atoms with Crippen LogP contribution in [-0.4, -0.2) is 32.1 Å². The molecule has 1 aromatic carbocycles. The molecule has 8 heteroatoms. The van der Waals surface area contributed by atoms with Crippen LogP contribution < -0.4 is 15.6 Å². The third-order valence-corrected chi connectivity index (χ3v) is 4.83. The Kier molecular flexibility index (Phi) is 5.12. The highest BCUT2D eigenvalue weighted by Gasteiger charge is 2.29. The Hall–Kier alpha value is -3.13. The van der Waals surface area contributed by atoms with Crippen molar-refractivity contribution in [3.8, 4) is 17.4 Å². The molecule has 2 aromatic heterocycles. The van der Waals surface area contributed by atoms with Crippen LogP contribution in [0.2, 0.25) is 0 Å². The van der Waals surface area contributed by atoms with Gasteiger partial charge in [-0.3, -0.25) is 9.36 Å². The summed E-state index contributed by atoms with van der Waals surface area (Å²) < 4.78 is 21.0. The van der Waals surface area contributed by atoms with Gasteiger partial charge in [-0.2, -0.15) is 4.98 Å². The maximum Gasteiger partial charge on any atom is 0.300 e. The van der Waals surface area contributed by atoms with Gasteiger partial charge in [-0.05, 0) is 43.1 Å². The minimum absolute atomic E-state index is 0.0464. The smallest absolute Gasteiger partial charge is 0.300 e. The van der Waals surface area contributed by atoms with Gasteiger partial charge in [0.2, 0.25) is 0 Å². The Morgan fingerprint density at radius 2 is 2.07 bits per heavy atom. The standard InChI is InChI=1S/C20H20FN5O2/c1-26-18(27)11-17(15-8-10-22-12-24-15)25-20(26)28-19(16-3-2-9-23-16)13-4-6-14(21)7-5-13/h4-8,10-12,16,19,23H,2-3,9H2,1H3/t16-,19?/m1/s1. The Labute approximate surface area is 161 Å². The van der Waals surface area contributed by atoms with Crippen LogP contribution in [0.4, 0.5) is 4.39 Å². The molecule has 1 saturated heterocycles. The largest absolute Gasteiger partial charge is 0.455 e. The van der Waals surface area contributed by atoms with Crippen LogP contribution in [0.15, 0.2) is 53.7 Å². The number of nitrogens with zero attached hydrogens (tertiary/aromatic N) is 4. The fourth-order valence-electron chi connectivity index (χ4n) is 3.32. The number of benzene rings is 1. The molecule has 1 N–H and O–H groups in total. The predicted octanol–water partition coefficient (Wildman–Crippen LogP) is 2.25. The van der Waals surface area contributed by atoms with Gasteiger partial charge in [0, 0.05) is 25.4 Å². The van der Waals surface area contributed by atoms with Crippen LogP contribution in [-0.2, 0) is 7.05 Å². The van der Waals surface area contributed by atoms with Crippen molar-refractivity contribution in [2.75, 3.05) is 6.54 Å². The average molecular weight is 381 g/mol. The fourth-order valence-corrected chi connectivity index (χ4v) is 3.32. The number of hydrogen-bond donors (Lipinski definition) is 1. The Morgan fingerprint density at radius 3 is 2.75 bits per heavy atom. The molecule has 7 nitrogen and oxygen atoms in total. The molecule has 28 heavy (non-hydrogen) atoms. The van der Waals surface area contributed by atoms with Gasteiger partial charge in [-0.25, -0.2) is 14.4 Å². The lowest BCUT2D eigenvalue weighted by Crippen LogP contribution is -2.34. The first-order chi connectivity index (χ1) is 13.6. The summed E-state index contributed by atoms with van der Waals surface area (Å²) in [5.74, 6) is -0.307. The van der Waals surface area contributed by atoms with E-state index in [2.05, 4.69) is 20.3 Å².